The van der Waals surface area contributed by atoms with Gasteiger partial charge in [0, 0.05) is 10.1 Å². The van der Waals surface area contributed by atoms with Crippen LogP contribution in [-0.4, -0.2) is 15.4 Å². The highest BCUT2D eigenvalue weighted by atomic mass is 35.5. The molecule has 0 saturated carbocycles. The molecule has 7 heteroatoms. The molecule has 0 aliphatic heterocycles. The van der Waals surface area contributed by atoms with Crippen molar-refractivity contribution in [2.24, 2.45) is 0 Å². The van der Waals surface area contributed by atoms with Crippen LogP contribution >= 0.6 is 34.7 Å². The predicted molar refractivity (Wildman–Crippen MR) is 110 cm³/mol. The number of thioether (sulfide) groups is 1. The molecular formula is C20H14ClN3OS2. The summed E-state index contributed by atoms with van der Waals surface area (Å²) < 4.78 is 6.85. The fourth-order valence-corrected chi connectivity index (χ4v) is 4.89. The predicted octanol–water partition coefficient (Wildman–Crippen LogP) is 6.14. The van der Waals surface area contributed by atoms with Gasteiger partial charge in [-0.2, -0.15) is 5.26 Å². The highest BCUT2D eigenvalue weighted by molar-refractivity contribution is 7.99. The molecule has 4 aromatic rings. The summed E-state index contributed by atoms with van der Waals surface area (Å²) in [6.45, 7) is 2.04. The Morgan fingerprint density at radius 3 is 2.70 bits per heavy atom. The van der Waals surface area contributed by atoms with Gasteiger partial charge in [-0.05, 0) is 36.7 Å². The number of fused-ring (bicyclic) bond motifs is 1. The summed E-state index contributed by atoms with van der Waals surface area (Å²) in [4.78, 5) is 0.754. The van der Waals surface area contributed by atoms with Gasteiger partial charge in [0.2, 0.25) is 0 Å². The summed E-state index contributed by atoms with van der Waals surface area (Å²) in [7, 11) is 0. The first-order valence-corrected chi connectivity index (χ1v) is 10.3. The number of thiophene rings is 1. The molecule has 2 aromatic heterocycles. The quantitative estimate of drug-likeness (QED) is 0.369. The van der Waals surface area contributed by atoms with Gasteiger partial charge in [-0.1, -0.05) is 59.6 Å². The zero-order valence-corrected chi connectivity index (χ0v) is 16.7. The van der Waals surface area contributed by atoms with Crippen LogP contribution in [0.15, 0.2) is 58.2 Å². The molecule has 0 unspecified atom stereocenters. The average molecular weight is 412 g/mol. The van der Waals surface area contributed by atoms with Gasteiger partial charge < -0.3 is 4.42 Å². The lowest BCUT2D eigenvalue weighted by Gasteiger charge is -2.06. The Labute approximate surface area is 169 Å². The minimum atomic E-state index is -0.307. The molecule has 0 aliphatic carbocycles. The number of hydrogen-bond acceptors (Lipinski definition) is 6. The third-order valence-electron chi connectivity index (χ3n) is 4.06. The van der Waals surface area contributed by atoms with E-state index in [1.54, 1.807) is 0 Å². The lowest BCUT2D eigenvalue weighted by atomic mass is 10.1. The Morgan fingerprint density at radius 1 is 1.19 bits per heavy atom. The van der Waals surface area contributed by atoms with E-state index in [1.807, 2.05) is 55.5 Å². The summed E-state index contributed by atoms with van der Waals surface area (Å²) in [5.41, 5.74) is 2.30. The van der Waals surface area contributed by atoms with Crippen molar-refractivity contribution in [1.82, 2.24) is 10.2 Å². The van der Waals surface area contributed by atoms with Gasteiger partial charge in [-0.3, -0.25) is 0 Å². The van der Waals surface area contributed by atoms with Crippen LogP contribution < -0.4 is 0 Å². The van der Waals surface area contributed by atoms with Crippen molar-refractivity contribution in [1.29, 1.82) is 5.26 Å². The molecule has 0 radical (unpaired) electrons. The van der Waals surface area contributed by atoms with Crippen LogP contribution in [0.3, 0.4) is 0 Å². The second-order valence-electron chi connectivity index (χ2n) is 6.04. The number of rotatable bonds is 5. The van der Waals surface area contributed by atoms with E-state index in [-0.39, 0.29) is 5.25 Å². The molecule has 27 heavy (non-hydrogen) atoms. The van der Waals surface area contributed by atoms with Crippen LogP contribution in [0.2, 0.25) is 5.02 Å². The highest BCUT2D eigenvalue weighted by Crippen LogP contribution is 2.42. The SMILES string of the molecule is Cc1ccc(C[C@@H](C#N)Sc2nnc(-c3sc4ccccc4c3Cl)o2)cc1. The van der Waals surface area contributed by atoms with E-state index >= 15 is 0 Å². The van der Waals surface area contributed by atoms with E-state index in [9.17, 15) is 5.26 Å². The van der Waals surface area contributed by atoms with Gasteiger partial charge in [0.25, 0.3) is 11.1 Å². The summed E-state index contributed by atoms with van der Waals surface area (Å²) in [5, 5.41) is 19.4. The van der Waals surface area contributed by atoms with Crippen molar-refractivity contribution >= 4 is 44.8 Å². The first-order chi connectivity index (χ1) is 13.1. The molecule has 0 aliphatic rings. The standard InChI is InChI=1S/C20H14ClN3OS2/c1-12-6-8-13(9-7-12)10-14(11-22)26-20-24-23-19(25-20)18-17(21)15-4-2-3-5-16(15)27-18/h2-9,14H,10H2,1H3/t14-/m0/s1. The second-order valence-corrected chi connectivity index (χ2v) is 8.62. The summed E-state index contributed by atoms with van der Waals surface area (Å²) in [6.07, 6.45) is 0.614. The molecule has 134 valence electrons. The maximum absolute atomic E-state index is 9.49. The summed E-state index contributed by atoms with van der Waals surface area (Å²) in [5.74, 6) is 0.385. The topological polar surface area (TPSA) is 62.7 Å². The maximum atomic E-state index is 9.49. The Hall–Kier alpha value is -2.33. The smallest absolute Gasteiger partial charge is 0.278 e. The second kappa shape index (κ2) is 7.73. The van der Waals surface area contributed by atoms with Crippen LogP contribution in [0, 0.1) is 18.3 Å². The van der Waals surface area contributed by atoms with Crippen molar-refractivity contribution < 1.29 is 4.42 Å². The molecule has 0 N–H and O–H groups in total. The molecule has 2 heterocycles. The molecule has 1 atom stereocenters. The average Bonchev–Trinajstić information content (AvgIpc) is 3.28. The van der Waals surface area contributed by atoms with Crippen LogP contribution in [0.4, 0.5) is 0 Å². The largest absolute Gasteiger partial charge is 0.410 e. The molecule has 0 spiro atoms. The zero-order chi connectivity index (χ0) is 18.8. The van der Waals surface area contributed by atoms with Gasteiger partial charge in [-0.15, -0.1) is 21.5 Å². The number of hydrogen-bond donors (Lipinski definition) is 0. The Kier molecular flexibility index (Phi) is 5.17. The van der Waals surface area contributed by atoms with E-state index in [2.05, 4.69) is 16.3 Å². The van der Waals surface area contributed by atoms with Crippen LogP contribution in [0.1, 0.15) is 11.1 Å². The van der Waals surface area contributed by atoms with Gasteiger partial charge >= 0.3 is 0 Å². The Bertz CT molecular complexity index is 1130. The number of halogens is 1. The van der Waals surface area contributed by atoms with E-state index in [0.717, 1.165) is 20.5 Å². The first-order valence-electron chi connectivity index (χ1n) is 8.27. The zero-order valence-electron chi connectivity index (χ0n) is 14.3. The first kappa shape index (κ1) is 18.1. The van der Waals surface area contributed by atoms with Crippen LogP contribution in [-0.2, 0) is 6.42 Å². The Balaban J connectivity index is 1.53. The summed E-state index contributed by atoms with van der Waals surface area (Å²) >= 11 is 9.27. The minimum Gasteiger partial charge on any atom is -0.410 e. The maximum Gasteiger partial charge on any atom is 0.278 e. The van der Waals surface area contributed by atoms with E-state index < -0.39 is 0 Å². The number of aryl methyl sites for hydroxylation is 1. The molecule has 0 fully saturated rings. The van der Waals surface area contributed by atoms with Gasteiger partial charge in [0.05, 0.1) is 11.1 Å². The fraction of sp³-hybridized carbons (Fsp3) is 0.150. The molecule has 0 saturated heterocycles. The van der Waals surface area contributed by atoms with Crippen LogP contribution in [0.5, 0.6) is 0 Å². The third-order valence-corrected chi connectivity index (χ3v) is 6.65. The van der Waals surface area contributed by atoms with Gasteiger partial charge in [-0.25, -0.2) is 0 Å². The van der Waals surface area contributed by atoms with E-state index in [1.165, 1.54) is 28.7 Å². The molecule has 2 aromatic carbocycles. The molecule has 4 rings (SSSR count). The lowest BCUT2D eigenvalue weighted by molar-refractivity contribution is 0.466. The van der Waals surface area contributed by atoms with E-state index in [4.69, 9.17) is 16.0 Å². The molecule has 0 bridgehead atoms. The molecular weight excluding hydrogens is 398 g/mol. The molecule has 4 nitrogen and oxygen atoms in total. The van der Waals surface area contributed by atoms with Crippen molar-refractivity contribution in [2.75, 3.05) is 0 Å². The van der Waals surface area contributed by atoms with Crippen molar-refractivity contribution in [3.8, 4) is 16.8 Å². The monoisotopic (exact) mass is 411 g/mol. The number of benzene rings is 2. The summed E-state index contributed by atoms with van der Waals surface area (Å²) in [6, 6.07) is 18.4. The van der Waals surface area contributed by atoms with E-state index in [0.29, 0.717) is 22.6 Å². The highest BCUT2D eigenvalue weighted by Gasteiger charge is 2.20. The van der Waals surface area contributed by atoms with Crippen LogP contribution in [0.25, 0.3) is 20.9 Å². The number of nitriles is 1. The van der Waals surface area contributed by atoms with Gasteiger partial charge in [0.1, 0.15) is 10.1 Å². The fourth-order valence-electron chi connectivity index (χ4n) is 2.67. The number of nitrogens with zero attached hydrogens (tertiary/aromatic N) is 3. The van der Waals surface area contributed by atoms with Crippen molar-refractivity contribution in [2.45, 2.75) is 23.8 Å². The van der Waals surface area contributed by atoms with Crippen molar-refractivity contribution in [3.05, 3.63) is 64.7 Å². The van der Waals surface area contributed by atoms with Gasteiger partial charge in [0.15, 0.2) is 0 Å². The molecule has 0 amide bonds. The number of aromatic nitrogens is 2. The van der Waals surface area contributed by atoms with Crippen molar-refractivity contribution in [3.63, 3.8) is 0 Å². The minimum absolute atomic E-state index is 0.307. The normalized spacial score (nSPS) is 12.2. The Morgan fingerprint density at radius 2 is 1.96 bits per heavy atom. The third kappa shape index (κ3) is 3.86. The lowest BCUT2D eigenvalue weighted by Crippen LogP contribution is -2.03.